The number of halogens is 1. The van der Waals surface area contributed by atoms with E-state index in [0.717, 1.165) is 31.3 Å². The van der Waals surface area contributed by atoms with Crippen LogP contribution in [0.25, 0.3) is 0 Å². The molecule has 1 atom stereocenters. The Balaban J connectivity index is 1.76. The molecular weight excluding hydrogens is 378 g/mol. The van der Waals surface area contributed by atoms with Gasteiger partial charge < -0.3 is 10.6 Å². The Morgan fingerprint density at radius 2 is 1.89 bits per heavy atom. The fourth-order valence-electron chi connectivity index (χ4n) is 3.66. The Kier molecular flexibility index (Phi) is 6.08. The second-order valence-electron chi connectivity index (χ2n) is 7.71. The molecule has 2 aliphatic rings. The zero-order valence-corrected chi connectivity index (χ0v) is 17.2. The predicted octanol–water partition coefficient (Wildman–Crippen LogP) is 3.80. The molecule has 150 valence electrons. The molecule has 0 radical (unpaired) electrons. The number of hydrogen-bond acceptors (Lipinski definition) is 4. The second kappa shape index (κ2) is 8.35. The summed E-state index contributed by atoms with van der Waals surface area (Å²) in [6.45, 7) is 5.41. The first-order chi connectivity index (χ1) is 13.3. The number of carbonyl (C=O) groups excluding carboxylic acids is 3. The van der Waals surface area contributed by atoms with Crippen LogP contribution in [0.4, 0.5) is 11.4 Å². The van der Waals surface area contributed by atoms with Crippen molar-refractivity contribution in [3.63, 3.8) is 0 Å². The highest BCUT2D eigenvalue weighted by Gasteiger charge is 2.35. The summed E-state index contributed by atoms with van der Waals surface area (Å²) in [5, 5.41) is 6.58. The van der Waals surface area contributed by atoms with Gasteiger partial charge in [-0.05, 0) is 51.8 Å². The van der Waals surface area contributed by atoms with Crippen molar-refractivity contribution < 1.29 is 14.4 Å². The molecule has 1 aliphatic carbocycles. The molecule has 28 heavy (non-hydrogen) atoms. The summed E-state index contributed by atoms with van der Waals surface area (Å²) in [7, 11) is 0. The molecule has 1 heterocycles. The van der Waals surface area contributed by atoms with Gasteiger partial charge in [-0.2, -0.15) is 0 Å². The quantitative estimate of drug-likeness (QED) is 0.579. The third kappa shape index (κ3) is 4.22. The van der Waals surface area contributed by atoms with Gasteiger partial charge in [-0.1, -0.05) is 30.0 Å². The van der Waals surface area contributed by atoms with Crippen LogP contribution >= 0.6 is 11.6 Å². The lowest BCUT2D eigenvalue weighted by Crippen LogP contribution is -2.42. The van der Waals surface area contributed by atoms with Crippen molar-refractivity contribution in [1.29, 1.82) is 0 Å². The van der Waals surface area contributed by atoms with Crippen LogP contribution in [0.15, 0.2) is 29.3 Å². The molecular formula is C21H26ClN3O3. The van der Waals surface area contributed by atoms with Crippen LogP contribution in [0.2, 0.25) is 5.02 Å². The minimum Gasteiger partial charge on any atom is -0.373 e. The van der Waals surface area contributed by atoms with Crippen molar-refractivity contribution in [2.24, 2.45) is 0 Å². The molecule has 0 spiro atoms. The Labute approximate surface area is 170 Å². The largest absolute Gasteiger partial charge is 0.373 e. The molecule has 1 saturated heterocycles. The monoisotopic (exact) mass is 403 g/mol. The SMILES string of the molecule is CC(C)=C1CC(=O)N(c2ccc(Cl)c(NC(C)C(=O)NC3CCCC3)c2)C1=O. The first-order valence-electron chi connectivity index (χ1n) is 9.68. The van der Waals surface area contributed by atoms with Gasteiger partial charge >= 0.3 is 0 Å². The minimum absolute atomic E-state index is 0.0893. The summed E-state index contributed by atoms with van der Waals surface area (Å²) in [5.74, 6) is -0.652. The molecule has 0 bridgehead atoms. The number of amides is 3. The van der Waals surface area contributed by atoms with Gasteiger partial charge in [0.05, 0.1) is 22.8 Å². The molecule has 6 nitrogen and oxygen atoms in total. The number of nitrogens with one attached hydrogen (secondary N) is 2. The average Bonchev–Trinajstić information content (AvgIpc) is 3.24. The molecule has 1 unspecified atom stereocenters. The van der Waals surface area contributed by atoms with Crippen LogP contribution in [0.3, 0.4) is 0 Å². The first-order valence-corrected chi connectivity index (χ1v) is 10.1. The van der Waals surface area contributed by atoms with E-state index in [1.807, 2.05) is 13.8 Å². The lowest BCUT2D eigenvalue weighted by molar-refractivity contribution is -0.122. The van der Waals surface area contributed by atoms with Gasteiger partial charge in [-0.15, -0.1) is 0 Å². The number of imide groups is 1. The van der Waals surface area contributed by atoms with Gasteiger partial charge in [0.25, 0.3) is 5.91 Å². The highest BCUT2D eigenvalue weighted by molar-refractivity contribution is 6.34. The smallest absolute Gasteiger partial charge is 0.261 e. The number of carbonyl (C=O) groups is 3. The van der Waals surface area contributed by atoms with Crippen LogP contribution in [-0.4, -0.2) is 29.8 Å². The van der Waals surface area contributed by atoms with Crippen LogP contribution in [0.5, 0.6) is 0 Å². The van der Waals surface area contributed by atoms with Crippen LogP contribution in [0.1, 0.15) is 52.9 Å². The molecule has 1 aromatic rings. The number of rotatable bonds is 5. The maximum Gasteiger partial charge on any atom is 0.261 e. The van der Waals surface area contributed by atoms with Crippen LogP contribution in [0, 0.1) is 0 Å². The maximum atomic E-state index is 12.6. The van der Waals surface area contributed by atoms with Crippen LogP contribution in [-0.2, 0) is 14.4 Å². The predicted molar refractivity (Wildman–Crippen MR) is 110 cm³/mol. The van der Waals surface area contributed by atoms with Gasteiger partial charge in [0.1, 0.15) is 6.04 Å². The molecule has 7 heteroatoms. The third-order valence-corrected chi connectivity index (χ3v) is 5.65. The van der Waals surface area contributed by atoms with Gasteiger partial charge in [-0.3, -0.25) is 14.4 Å². The summed E-state index contributed by atoms with van der Waals surface area (Å²) in [6.07, 6.45) is 4.42. The fourth-order valence-corrected chi connectivity index (χ4v) is 3.84. The normalized spacial score (nSPS) is 18.6. The van der Waals surface area contributed by atoms with E-state index in [2.05, 4.69) is 10.6 Å². The highest BCUT2D eigenvalue weighted by Crippen LogP contribution is 2.33. The van der Waals surface area contributed by atoms with E-state index in [1.165, 1.54) is 4.90 Å². The average molecular weight is 404 g/mol. The molecule has 3 amide bonds. The summed E-state index contributed by atoms with van der Waals surface area (Å²) >= 11 is 6.28. The van der Waals surface area contributed by atoms with Crippen molar-refractivity contribution >= 4 is 40.7 Å². The van der Waals surface area contributed by atoms with Crippen molar-refractivity contribution in [3.8, 4) is 0 Å². The minimum atomic E-state index is -0.494. The Hall–Kier alpha value is -2.34. The Morgan fingerprint density at radius 1 is 1.21 bits per heavy atom. The van der Waals surface area contributed by atoms with Crippen molar-refractivity contribution in [1.82, 2.24) is 5.32 Å². The van der Waals surface area contributed by atoms with Gasteiger partial charge in [0.15, 0.2) is 0 Å². The maximum absolute atomic E-state index is 12.6. The lowest BCUT2D eigenvalue weighted by Gasteiger charge is -2.21. The summed E-state index contributed by atoms with van der Waals surface area (Å²) in [4.78, 5) is 38.6. The molecule has 1 aliphatic heterocycles. The number of hydrogen-bond donors (Lipinski definition) is 2. The molecule has 3 rings (SSSR count). The van der Waals surface area contributed by atoms with Crippen molar-refractivity contribution in [3.05, 3.63) is 34.4 Å². The number of nitrogens with zero attached hydrogens (tertiary/aromatic N) is 1. The Bertz CT molecular complexity index is 839. The summed E-state index contributed by atoms with van der Waals surface area (Å²) in [5.41, 5.74) is 2.32. The molecule has 2 N–H and O–H groups in total. The van der Waals surface area contributed by atoms with E-state index in [0.29, 0.717) is 22.0 Å². The number of anilines is 2. The van der Waals surface area contributed by atoms with Crippen molar-refractivity contribution in [2.45, 2.75) is 65.0 Å². The van der Waals surface area contributed by atoms with E-state index in [1.54, 1.807) is 25.1 Å². The van der Waals surface area contributed by atoms with Gasteiger partial charge in [0, 0.05) is 11.6 Å². The van der Waals surface area contributed by atoms with E-state index < -0.39 is 6.04 Å². The van der Waals surface area contributed by atoms with Gasteiger partial charge in [-0.25, -0.2) is 4.90 Å². The summed E-state index contributed by atoms with van der Waals surface area (Å²) in [6, 6.07) is 4.65. The van der Waals surface area contributed by atoms with E-state index in [-0.39, 0.29) is 30.2 Å². The van der Waals surface area contributed by atoms with E-state index >= 15 is 0 Å². The second-order valence-corrected chi connectivity index (χ2v) is 8.12. The first kappa shape index (κ1) is 20.4. The standard InChI is InChI=1S/C21H26ClN3O3/c1-12(2)16-11-19(26)25(21(16)28)15-8-9-17(22)18(10-15)23-13(3)20(27)24-14-6-4-5-7-14/h8-10,13-14,23H,4-7,11H2,1-3H3,(H,24,27). The number of benzene rings is 1. The van der Waals surface area contributed by atoms with E-state index in [9.17, 15) is 14.4 Å². The lowest BCUT2D eigenvalue weighted by atomic mass is 10.1. The fraction of sp³-hybridized carbons (Fsp3) is 0.476. The third-order valence-electron chi connectivity index (χ3n) is 5.32. The Morgan fingerprint density at radius 3 is 2.50 bits per heavy atom. The topological polar surface area (TPSA) is 78.5 Å². The highest BCUT2D eigenvalue weighted by atomic mass is 35.5. The zero-order chi connectivity index (χ0) is 20.4. The number of allylic oxidation sites excluding steroid dienone is 1. The molecule has 1 saturated carbocycles. The van der Waals surface area contributed by atoms with Crippen LogP contribution < -0.4 is 15.5 Å². The molecule has 0 aromatic heterocycles. The molecule has 1 aromatic carbocycles. The zero-order valence-electron chi connectivity index (χ0n) is 16.5. The van der Waals surface area contributed by atoms with E-state index in [4.69, 9.17) is 11.6 Å². The van der Waals surface area contributed by atoms with Crippen molar-refractivity contribution in [2.75, 3.05) is 10.2 Å². The molecule has 2 fully saturated rings. The summed E-state index contributed by atoms with van der Waals surface area (Å²) < 4.78 is 0. The van der Waals surface area contributed by atoms with Gasteiger partial charge in [0.2, 0.25) is 11.8 Å².